The molecular formula is C28H24N4O3. The molecule has 0 bridgehead atoms. The second kappa shape index (κ2) is 10.5. The molecule has 4 rings (SSSR count). The van der Waals surface area contributed by atoms with E-state index in [1.165, 1.54) is 10.5 Å². The first-order chi connectivity index (χ1) is 17.0. The van der Waals surface area contributed by atoms with E-state index in [1.54, 1.807) is 24.4 Å². The van der Waals surface area contributed by atoms with Crippen LogP contribution in [0.15, 0.2) is 83.3 Å². The first-order valence-electron chi connectivity index (χ1n) is 11.2. The zero-order chi connectivity index (χ0) is 24.8. The minimum atomic E-state index is -0.571. The van der Waals surface area contributed by atoms with E-state index in [9.17, 15) is 14.9 Å². The number of aromatic nitrogens is 2. The van der Waals surface area contributed by atoms with Crippen molar-refractivity contribution in [2.24, 2.45) is 0 Å². The van der Waals surface area contributed by atoms with Crippen LogP contribution in [0.4, 0.5) is 0 Å². The highest BCUT2D eigenvalue weighted by Crippen LogP contribution is 2.25. The summed E-state index contributed by atoms with van der Waals surface area (Å²) in [6.07, 6.45) is 3.45. The first kappa shape index (κ1) is 23.5. The fourth-order valence-electron chi connectivity index (χ4n) is 3.56. The van der Waals surface area contributed by atoms with Crippen LogP contribution in [0.2, 0.25) is 0 Å². The summed E-state index contributed by atoms with van der Waals surface area (Å²) < 4.78 is 7.34. The molecule has 0 aliphatic heterocycles. The summed E-state index contributed by atoms with van der Waals surface area (Å²) in [6.45, 7) is 4.15. The fourth-order valence-corrected chi connectivity index (χ4v) is 3.56. The summed E-state index contributed by atoms with van der Waals surface area (Å²) in [4.78, 5) is 30.7. The number of rotatable bonds is 7. The molecule has 0 fully saturated rings. The summed E-state index contributed by atoms with van der Waals surface area (Å²) >= 11 is 0. The molecule has 0 saturated carbocycles. The smallest absolute Gasteiger partial charge is 0.269 e. The molecular weight excluding hydrogens is 440 g/mol. The van der Waals surface area contributed by atoms with Gasteiger partial charge in [0.05, 0.1) is 0 Å². The van der Waals surface area contributed by atoms with Crippen LogP contribution in [0.1, 0.15) is 22.3 Å². The van der Waals surface area contributed by atoms with Crippen molar-refractivity contribution in [3.63, 3.8) is 0 Å². The Balaban J connectivity index is 1.70. The molecule has 0 spiro atoms. The third-order valence-corrected chi connectivity index (χ3v) is 5.48. The van der Waals surface area contributed by atoms with Gasteiger partial charge in [0.2, 0.25) is 5.88 Å². The Hall–Kier alpha value is -4.70. The van der Waals surface area contributed by atoms with Gasteiger partial charge in [-0.25, -0.2) is 0 Å². The lowest BCUT2D eigenvalue weighted by Crippen LogP contribution is -2.27. The minimum absolute atomic E-state index is 0.0171. The number of hydrogen-bond donors (Lipinski definition) is 1. The fraction of sp³-hybridized carbons (Fsp3) is 0.143. The Morgan fingerprint density at radius 2 is 1.83 bits per heavy atom. The number of hydrogen-bond acceptors (Lipinski definition) is 5. The van der Waals surface area contributed by atoms with Crippen molar-refractivity contribution in [2.45, 2.75) is 20.3 Å². The second-order valence-corrected chi connectivity index (χ2v) is 8.10. The summed E-state index contributed by atoms with van der Waals surface area (Å²) in [5, 5.41) is 12.4. The van der Waals surface area contributed by atoms with Gasteiger partial charge < -0.3 is 10.1 Å². The normalized spacial score (nSPS) is 11.2. The topological polar surface area (TPSA) is 96.5 Å². The summed E-state index contributed by atoms with van der Waals surface area (Å²) in [5.41, 5.74) is 2.71. The van der Waals surface area contributed by atoms with Crippen molar-refractivity contribution in [3.8, 4) is 17.7 Å². The maximum Gasteiger partial charge on any atom is 0.269 e. The molecule has 2 heterocycles. The average Bonchev–Trinajstić information content (AvgIpc) is 2.86. The molecule has 35 heavy (non-hydrogen) atoms. The van der Waals surface area contributed by atoms with Crippen LogP contribution in [0.25, 0.3) is 11.7 Å². The van der Waals surface area contributed by atoms with Gasteiger partial charge in [-0.3, -0.25) is 14.0 Å². The monoisotopic (exact) mass is 464 g/mol. The molecule has 7 heteroatoms. The Morgan fingerprint density at radius 1 is 1.09 bits per heavy atom. The number of nitriles is 1. The Bertz CT molecular complexity index is 1500. The van der Waals surface area contributed by atoms with E-state index < -0.39 is 11.5 Å². The van der Waals surface area contributed by atoms with Gasteiger partial charge >= 0.3 is 0 Å². The number of carbonyl (C=O) groups is 1. The number of nitrogens with zero attached hydrogens (tertiary/aromatic N) is 3. The van der Waals surface area contributed by atoms with Gasteiger partial charge in [0.1, 0.15) is 28.6 Å². The maximum absolute atomic E-state index is 13.4. The number of carbonyl (C=O) groups excluding carboxylic acids is 1. The number of ether oxygens (including phenoxy) is 1. The highest BCUT2D eigenvalue weighted by molar-refractivity contribution is 6.01. The molecule has 0 unspecified atom stereocenters. The molecule has 0 aliphatic carbocycles. The quantitative estimate of drug-likeness (QED) is 0.324. The van der Waals surface area contributed by atoms with Crippen LogP contribution in [0, 0.1) is 25.2 Å². The summed E-state index contributed by atoms with van der Waals surface area (Å²) in [7, 11) is 0. The van der Waals surface area contributed by atoms with Gasteiger partial charge in [-0.1, -0.05) is 54.1 Å². The van der Waals surface area contributed by atoms with Gasteiger partial charge in [0, 0.05) is 12.7 Å². The SMILES string of the molecule is Cc1ccc(Oc2nc3c(C)cccn3c(=O)c2/C=C(\C#N)C(=O)NCCc2ccccc2)cc1. The van der Waals surface area contributed by atoms with Gasteiger partial charge in [-0.15, -0.1) is 0 Å². The van der Waals surface area contributed by atoms with Crippen LogP contribution in [0.5, 0.6) is 11.6 Å². The Morgan fingerprint density at radius 3 is 2.54 bits per heavy atom. The van der Waals surface area contributed by atoms with Crippen molar-refractivity contribution >= 4 is 17.6 Å². The summed E-state index contributed by atoms with van der Waals surface area (Å²) in [6, 6.07) is 22.5. The Kier molecular flexibility index (Phi) is 7.03. The predicted octanol–water partition coefficient (Wildman–Crippen LogP) is 4.37. The maximum atomic E-state index is 13.4. The molecule has 174 valence electrons. The van der Waals surface area contributed by atoms with E-state index >= 15 is 0 Å². The van der Waals surface area contributed by atoms with Crippen LogP contribution in [-0.2, 0) is 11.2 Å². The third kappa shape index (κ3) is 5.45. The molecule has 2 aromatic carbocycles. The van der Waals surface area contributed by atoms with Crippen LogP contribution >= 0.6 is 0 Å². The van der Waals surface area contributed by atoms with Gasteiger partial charge in [0.15, 0.2) is 0 Å². The van der Waals surface area contributed by atoms with E-state index in [2.05, 4.69) is 10.3 Å². The van der Waals surface area contributed by atoms with Crippen molar-refractivity contribution < 1.29 is 9.53 Å². The van der Waals surface area contributed by atoms with Crippen molar-refractivity contribution in [1.82, 2.24) is 14.7 Å². The third-order valence-electron chi connectivity index (χ3n) is 5.48. The standard InChI is InChI=1S/C28H24N4O3/c1-19-10-12-23(13-11-19)35-27-24(28(34)32-16-6-7-20(2)25(32)31-27)17-22(18-29)26(33)30-15-14-21-8-4-3-5-9-21/h3-13,16-17H,14-15H2,1-2H3,(H,30,33)/b22-17+. The minimum Gasteiger partial charge on any atom is -0.438 e. The molecule has 0 aliphatic rings. The van der Waals surface area contributed by atoms with E-state index in [1.807, 2.05) is 68.4 Å². The largest absolute Gasteiger partial charge is 0.438 e. The van der Waals surface area contributed by atoms with Crippen LogP contribution in [-0.4, -0.2) is 21.8 Å². The van der Waals surface area contributed by atoms with E-state index in [-0.39, 0.29) is 17.0 Å². The van der Waals surface area contributed by atoms with Crippen molar-refractivity contribution in [3.05, 3.63) is 111 Å². The van der Waals surface area contributed by atoms with Crippen molar-refractivity contribution in [2.75, 3.05) is 6.54 Å². The number of nitrogens with one attached hydrogen (secondary N) is 1. The highest BCUT2D eigenvalue weighted by atomic mass is 16.5. The number of pyridine rings is 1. The van der Waals surface area contributed by atoms with E-state index in [4.69, 9.17) is 4.74 Å². The molecule has 1 amide bonds. The van der Waals surface area contributed by atoms with E-state index in [0.717, 1.165) is 16.7 Å². The Labute approximate surface area is 203 Å². The summed E-state index contributed by atoms with van der Waals surface area (Å²) in [5.74, 6) is -0.0580. The molecule has 0 radical (unpaired) electrons. The van der Waals surface area contributed by atoms with Crippen LogP contribution < -0.4 is 15.6 Å². The number of amides is 1. The van der Waals surface area contributed by atoms with Gasteiger partial charge in [-0.05, 0) is 55.7 Å². The molecule has 0 atom stereocenters. The zero-order valence-corrected chi connectivity index (χ0v) is 19.5. The predicted molar refractivity (Wildman–Crippen MR) is 134 cm³/mol. The number of aryl methyl sites for hydroxylation is 2. The number of fused-ring (bicyclic) bond motifs is 1. The van der Waals surface area contributed by atoms with Gasteiger partial charge in [0.25, 0.3) is 11.5 Å². The lowest BCUT2D eigenvalue weighted by Gasteiger charge is -2.12. The molecule has 7 nitrogen and oxygen atoms in total. The van der Waals surface area contributed by atoms with E-state index in [0.29, 0.717) is 24.4 Å². The molecule has 2 aromatic heterocycles. The van der Waals surface area contributed by atoms with Gasteiger partial charge in [-0.2, -0.15) is 10.2 Å². The number of benzene rings is 2. The molecule has 4 aromatic rings. The second-order valence-electron chi connectivity index (χ2n) is 8.10. The lowest BCUT2D eigenvalue weighted by molar-refractivity contribution is -0.117. The lowest BCUT2D eigenvalue weighted by atomic mass is 10.1. The van der Waals surface area contributed by atoms with Crippen LogP contribution in [0.3, 0.4) is 0 Å². The first-order valence-corrected chi connectivity index (χ1v) is 11.2. The average molecular weight is 465 g/mol. The van der Waals surface area contributed by atoms with Crippen molar-refractivity contribution in [1.29, 1.82) is 5.26 Å². The molecule has 0 saturated heterocycles. The zero-order valence-electron chi connectivity index (χ0n) is 19.5. The highest BCUT2D eigenvalue weighted by Gasteiger charge is 2.18. The molecule has 1 N–H and O–H groups in total.